The molecule has 5 aromatic heterocycles. The molecule has 0 aliphatic rings. The van der Waals surface area contributed by atoms with E-state index in [1.165, 1.54) is 17.3 Å². The van der Waals surface area contributed by atoms with Crippen LogP contribution in [0.3, 0.4) is 0 Å². The first kappa shape index (κ1) is 40.4. The summed E-state index contributed by atoms with van der Waals surface area (Å²) in [6, 6.07) is 34.2. The van der Waals surface area contributed by atoms with Crippen LogP contribution in [0.5, 0.6) is 0 Å². The molecule has 2 N–H and O–H groups in total. The average molecular weight is 852 g/mol. The summed E-state index contributed by atoms with van der Waals surface area (Å²) >= 11 is 9.51. The summed E-state index contributed by atoms with van der Waals surface area (Å²) in [5, 5.41) is 11.2. The number of hydrogen-bond acceptors (Lipinski definition) is 13. The number of benzene rings is 4. The fourth-order valence-corrected chi connectivity index (χ4v) is 8.17. The molecule has 0 aliphatic heterocycles. The first-order valence-electron chi connectivity index (χ1n) is 19.2. The third kappa shape index (κ3) is 9.72. The van der Waals surface area contributed by atoms with Crippen molar-refractivity contribution in [3.05, 3.63) is 149 Å². The quantitative estimate of drug-likeness (QED) is 0.114. The zero-order valence-corrected chi connectivity index (χ0v) is 36.0. The molecule has 0 radical (unpaired) electrons. The van der Waals surface area contributed by atoms with Gasteiger partial charge in [0.1, 0.15) is 0 Å². The van der Waals surface area contributed by atoms with E-state index < -0.39 is 0 Å². The number of fused-ring (bicyclic) bond motifs is 2. The van der Waals surface area contributed by atoms with Crippen molar-refractivity contribution in [1.82, 2.24) is 49.6 Å². The summed E-state index contributed by atoms with van der Waals surface area (Å²) in [7, 11) is 5.92. The third-order valence-electron chi connectivity index (χ3n) is 9.26. The largest absolute Gasteiger partial charge is 0.312 e. The molecule has 60 heavy (non-hydrogen) atoms. The Morgan fingerprint density at radius 3 is 2.45 bits per heavy atom. The van der Waals surface area contributed by atoms with Gasteiger partial charge in [0, 0.05) is 41.6 Å². The van der Waals surface area contributed by atoms with Gasteiger partial charge in [-0.25, -0.2) is 19.9 Å². The third-order valence-corrected chi connectivity index (χ3v) is 11.2. The number of anilines is 4. The Labute approximate surface area is 361 Å². The van der Waals surface area contributed by atoms with Gasteiger partial charge in [-0.2, -0.15) is 24.8 Å². The van der Waals surface area contributed by atoms with Crippen LogP contribution in [-0.2, 0) is 13.0 Å². The van der Waals surface area contributed by atoms with Gasteiger partial charge in [-0.15, -0.1) is 11.3 Å². The van der Waals surface area contributed by atoms with Crippen molar-refractivity contribution in [2.24, 2.45) is 0 Å². The first-order valence-corrected chi connectivity index (χ1v) is 21.2. The standard InChI is InChI=1S/C25H18N6S2.C19H24ClN7/c1-16-5-4-7-17(11-16)21-13-24(30-31-22-8-3-2-6-18(22)14-27-31)29-25(28-21)33-19-9-10-20-23(12-19)32-15-26-20;1-5-14-11-21-27(12-14)24-18-10-15(13-25(2)3)22-19(23-18)26(4)17-9-7-6-8-16(17)20/h2-15H,1H3,(H,28,29,30);6-12H,5,13H2,1-4H3,(H,22,23,24). The topological polar surface area (TPSA) is 131 Å². The van der Waals surface area contributed by atoms with Crippen LogP contribution < -0.4 is 15.8 Å². The molecule has 16 heteroatoms. The molecular formula is C44H42ClN13S2. The summed E-state index contributed by atoms with van der Waals surface area (Å²) in [4.78, 5) is 31.8. The maximum atomic E-state index is 6.35. The highest BCUT2D eigenvalue weighted by molar-refractivity contribution is 7.99. The van der Waals surface area contributed by atoms with E-state index >= 15 is 0 Å². The van der Waals surface area contributed by atoms with Crippen molar-refractivity contribution in [3.63, 3.8) is 0 Å². The molecule has 0 spiro atoms. The predicted molar refractivity (Wildman–Crippen MR) is 244 cm³/mol. The van der Waals surface area contributed by atoms with E-state index in [1.807, 2.05) is 123 Å². The van der Waals surface area contributed by atoms with E-state index in [-0.39, 0.29) is 0 Å². The van der Waals surface area contributed by atoms with Gasteiger partial charge >= 0.3 is 0 Å². The normalized spacial score (nSPS) is 11.2. The van der Waals surface area contributed by atoms with E-state index in [9.17, 15) is 0 Å². The van der Waals surface area contributed by atoms with Crippen LogP contribution in [0.2, 0.25) is 5.02 Å². The summed E-state index contributed by atoms with van der Waals surface area (Å²) in [6.45, 7) is 4.87. The number of halogens is 1. The molecule has 9 rings (SSSR count). The molecule has 9 aromatic rings. The van der Waals surface area contributed by atoms with Crippen molar-refractivity contribution in [2.45, 2.75) is 36.9 Å². The monoisotopic (exact) mass is 851 g/mol. The van der Waals surface area contributed by atoms with Gasteiger partial charge in [-0.1, -0.05) is 72.6 Å². The minimum Gasteiger partial charge on any atom is -0.312 e. The van der Waals surface area contributed by atoms with Crippen molar-refractivity contribution in [3.8, 4) is 11.3 Å². The number of nitrogens with one attached hydrogen (secondary N) is 2. The highest BCUT2D eigenvalue weighted by atomic mass is 35.5. The fraction of sp³-hybridized carbons (Fsp3) is 0.159. The number of para-hydroxylation sites is 2. The maximum Gasteiger partial charge on any atom is 0.231 e. The molecule has 302 valence electrons. The molecule has 5 heterocycles. The molecule has 0 saturated carbocycles. The molecule has 0 aliphatic carbocycles. The summed E-state index contributed by atoms with van der Waals surface area (Å²) in [5.74, 6) is 1.91. The van der Waals surface area contributed by atoms with Crippen LogP contribution in [0.1, 0.15) is 23.7 Å². The number of aromatic nitrogens is 9. The maximum absolute atomic E-state index is 6.35. The van der Waals surface area contributed by atoms with Crippen LogP contribution in [0.15, 0.2) is 137 Å². The number of thiazole rings is 1. The lowest BCUT2D eigenvalue weighted by Crippen LogP contribution is -2.19. The Bertz CT molecular complexity index is 2890. The Morgan fingerprint density at radius 2 is 1.63 bits per heavy atom. The molecule has 0 fully saturated rings. The Kier molecular flexibility index (Phi) is 12.3. The van der Waals surface area contributed by atoms with E-state index in [4.69, 9.17) is 26.6 Å². The first-order chi connectivity index (χ1) is 29.2. The minimum atomic E-state index is 0.563. The minimum absolute atomic E-state index is 0.563. The second-order valence-corrected chi connectivity index (χ2v) is 16.5. The molecule has 0 bridgehead atoms. The molecule has 0 unspecified atom stereocenters. The second kappa shape index (κ2) is 18.3. The van der Waals surface area contributed by atoms with Crippen molar-refractivity contribution in [1.29, 1.82) is 0 Å². The number of aryl methyl sites for hydroxylation is 2. The van der Waals surface area contributed by atoms with Gasteiger partial charge in [0.25, 0.3) is 0 Å². The number of nitrogens with zero attached hydrogens (tertiary/aromatic N) is 11. The van der Waals surface area contributed by atoms with Crippen LogP contribution in [0.25, 0.3) is 32.4 Å². The van der Waals surface area contributed by atoms with Crippen molar-refractivity contribution in [2.75, 3.05) is 36.9 Å². The lowest BCUT2D eigenvalue weighted by molar-refractivity contribution is 0.396. The highest BCUT2D eigenvalue weighted by Gasteiger charge is 2.15. The van der Waals surface area contributed by atoms with Crippen LogP contribution in [0, 0.1) is 6.92 Å². The Morgan fingerprint density at radius 1 is 0.800 bits per heavy atom. The Balaban J connectivity index is 0.000000170. The van der Waals surface area contributed by atoms with Gasteiger partial charge < -0.3 is 9.80 Å². The molecule has 13 nitrogen and oxygen atoms in total. The van der Waals surface area contributed by atoms with E-state index in [1.54, 1.807) is 20.9 Å². The Hall–Kier alpha value is -6.39. The number of hydrogen-bond donors (Lipinski definition) is 2. The highest BCUT2D eigenvalue weighted by Crippen LogP contribution is 2.33. The van der Waals surface area contributed by atoms with Gasteiger partial charge in [0.15, 0.2) is 16.8 Å². The average Bonchev–Trinajstić information content (AvgIpc) is 4.01. The molecular weight excluding hydrogens is 810 g/mol. The summed E-state index contributed by atoms with van der Waals surface area (Å²) < 4.78 is 1.15. The fourth-order valence-electron chi connectivity index (χ4n) is 6.30. The lowest BCUT2D eigenvalue weighted by atomic mass is 10.1. The van der Waals surface area contributed by atoms with E-state index in [2.05, 4.69) is 80.1 Å². The smallest absolute Gasteiger partial charge is 0.231 e. The van der Waals surface area contributed by atoms with Gasteiger partial charge in [-0.05, 0) is 87.2 Å². The van der Waals surface area contributed by atoms with E-state index in [0.717, 1.165) is 60.6 Å². The van der Waals surface area contributed by atoms with Crippen molar-refractivity contribution >= 4 is 79.1 Å². The SMILES string of the molecule is CCc1cnn(Nc2cc(CN(C)C)nc(N(C)c3ccccc3Cl)n2)c1.Cc1cccc(-c2cc(Nn3ncc4ccccc43)nc(Sc3ccc4ncsc4c3)n2)c1. The van der Waals surface area contributed by atoms with Crippen molar-refractivity contribution < 1.29 is 0 Å². The van der Waals surface area contributed by atoms with Gasteiger partial charge in [0.2, 0.25) is 5.95 Å². The molecule has 0 atom stereocenters. The zero-order valence-electron chi connectivity index (χ0n) is 33.7. The lowest BCUT2D eigenvalue weighted by Gasteiger charge is -2.21. The van der Waals surface area contributed by atoms with Gasteiger partial charge in [0.05, 0.1) is 61.9 Å². The molecule has 0 amide bonds. The summed E-state index contributed by atoms with van der Waals surface area (Å²) in [5.41, 5.74) is 16.4. The zero-order chi connectivity index (χ0) is 41.6. The van der Waals surface area contributed by atoms with E-state index in [0.29, 0.717) is 34.3 Å². The second-order valence-electron chi connectivity index (χ2n) is 14.2. The van der Waals surface area contributed by atoms with Crippen LogP contribution >= 0.6 is 34.7 Å². The van der Waals surface area contributed by atoms with Gasteiger partial charge in [-0.3, -0.25) is 10.9 Å². The number of rotatable bonds is 12. The summed E-state index contributed by atoms with van der Waals surface area (Å²) in [6.07, 6.45) is 6.56. The van der Waals surface area contributed by atoms with Crippen LogP contribution in [0.4, 0.5) is 23.3 Å². The molecule has 0 saturated heterocycles. The van der Waals surface area contributed by atoms with Crippen LogP contribution in [-0.4, -0.2) is 70.7 Å². The molecule has 4 aromatic carbocycles. The predicted octanol–water partition coefficient (Wildman–Crippen LogP) is 10.0.